The summed E-state index contributed by atoms with van der Waals surface area (Å²) in [6.45, 7) is 5.27. The Morgan fingerprint density at radius 3 is 2.71 bits per heavy atom. The molecule has 1 amide bonds. The van der Waals surface area contributed by atoms with Gasteiger partial charge < -0.3 is 10.1 Å². The number of hydrogen-bond donors (Lipinski definition) is 1. The molecule has 0 atom stereocenters. The zero-order valence-corrected chi connectivity index (χ0v) is 13.4. The summed E-state index contributed by atoms with van der Waals surface area (Å²) in [5.74, 6) is 0.00960. The molecule has 0 spiro atoms. The smallest absolute Gasteiger partial charge is 0.224 e. The molecule has 116 valence electrons. The van der Waals surface area contributed by atoms with Crippen molar-refractivity contribution in [3.8, 4) is 0 Å². The maximum absolute atomic E-state index is 11.8. The normalized spacial score (nSPS) is 15.9. The van der Waals surface area contributed by atoms with E-state index in [0.717, 1.165) is 44.8 Å². The fourth-order valence-electron chi connectivity index (χ4n) is 2.25. The number of carbonyl (C=O) groups excluding carboxylic acids is 1. The van der Waals surface area contributed by atoms with E-state index in [0.29, 0.717) is 23.0 Å². The van der Waals surface area contributed by atoms with Crippen LogP contribution in [-0.4, -0.2) is 50.2 Å². The van der Waals surface area contributed by atoms with Gasteiger partial charge in [0.2, 0.25) is 5.91 Å². The molecule has 1 aromatic carbocycles. The zero-order chi connectivity index (χ0) is 15.1. The van der Waals surface area contributed by atoms with Crippen molar-refractivity contribution in [1.82, 2.24) is 10.2 Å². The van der Waals surface area contributed by atoms with Crippen LogP contribution in [0, 0.1) is 0 Å². The van der Waals surface area contributed by atoms with Gasteiger partial charge in [-0.25, -0.2) is 0 Å². The maximum Gasteiger partial charge on any atom is 0.224 e. The van der Waals surface area contributed by atoms with Gasteiger partial charge in [-0.3, -0.25) is 9.69 Å². The van der Waals surface area contributed by atoms with E-state index >= 15 is 0 Å². The molecule has 0 saturated carbocycles. The number of rotatable bonds is 6. The summed E-state index contributed by atoms with van der Waals surface area (Å²) in [4.78, 5) is 14.2. The van der Waals surface area contributed by atoms with E-state index in [9.17, 15) is 4.79 Å². The van der Waals surface area contributed by atoms with Gasteiger partial charge in [0.25, 0.3) is 0 Å². The molecule has 1 aliphatic heterocycles. The Bertz CT molecular complexity index is 477. The molecule has 0 aliphatic carbocycles. The van der Waals surface area contributed by atoms with E-state index in [1.54, 1.807) is 12.1 Å². The summed E-state index contributed by atoms with van der Waals surface area (Å²) in [5, 5.41) is 3.92. The van der Waals surface area contributed by atoms with Crippen molar-refractivity contribution >= 4 is 29.1 Å². The van der Waals surface area contributed by atoms with E-state index < -0.39 is 0 Å². The maximum atomic E-state index is 11.8. The van der Waals surface area contributed by atoms with Crippen LogP contribution in [0.3, 0.4) is 0 Å². The van der Waals surface area contributed by atoms with Gasteiger partial charge in [-0.2, -0.15) is 0 Å². The highest BCUT2D eigenvalue weighted by atomic mass is 35.5. The number of halogens is 2. The summed E-state index contributed by atoms with van der Waals surface area (Å²) in [5.41, 5.74) is 0.870. The molecule has 0 radical (unpaired) electrons. The zero-order valence-electron chi connectivity index (χ0n) is 11.9. The van der Waals surface area contributed by atoms with Crippen molar-refractivity contribution in [2.45, 2.75) is 12.8 Å². The first-order chi connectivity index (χ1) is 10.1. The van der Waals surface area contributed by atoms with Crippen molar-refractivity contribution in [1.29, 1.82) is 0 Å². The molecule has 0 unspecified atom stereocenters. The molecular weight excluding hydrogens is 311 g/mol. The van der Waals surface area contributed by atoms with Crippen molar-refractivity contribution in [2.75, 3.05) is 39.4 Å². The molecule has 1 heterocycles. The number of nitrogens with one attached hydrogen (secondary N) is 1. The molecule has 1 aliphatic rings. The molecule has 0 aromatic heterocycles. The third-order valence-electron chi connectivity index (χ3n) is 3.43. The first-order valence-electron chi connectivity index (χ1n) is 7.16. The average Bonchev–Trinajstić information content (AvgIpc) is 2.49. The predicted octanol–water partition coefficient (Wildman–Crippen LogP) is 2.37. The Balaban J connectivity index is 1.63. The highest BCUT2D eigenvalue weighted by Gasteiger charge is 2.10. The number of carbonyl (C=O) groups is 1. The monoisotopic (exact) mass is 330 g/mol. The van der Waals surface area contributed by atoms with Crippen LogP contribution in [0.25, 0.3) is 0 Å². The lowest BCUT2D eigenvalue weighted by molar-refractivity contribution is -0.120. The van der Waals surface area contributed by atoms with Crippen molar-refractivity contribution in [3.05, 3.63) is 33.8 Å². The van der Waals surface area contributed by atoms with Crippen LogP contribution in [0.2, 0.25) is 10.0 Å². The van der Waals surface area contributed by atoms with Crippen LogP contribution in [0.4, 0.5) is 0 Å². The predicted molar refractivity (Wildman–Crippen MR) is 85.1 cm³/mol. The molecular formula is C15H20Cl2N2O2. The van der Waals surface area contributed by atoms with Crippen LogP contribution >= 0.6 is 23.2 Å². The molecule has 2 rings (SSSR count). The van der Waals surface area contributed by atoms with Crippen molar-refractivity contribution in [3.63, 3.8) is 0 Å². The second kappa shape index (κ2) is 8.59. The summed E-state index contributed by atoms with van der Waals surface area (Å²) in [7, 11) is 0. The summed E-state index contributed by atoms with van der Waals surface area (Å²) in [6, 6.07) is 5.27. The van der Waals surface area contributed by atoms with Crippen LogP contribution in [-0.2, 0) is 16.0 Å². The minimum absolute atomic E-state index is 0.00960. The molecule has 1 N–H and O–H groups in total. The van der Waals surface area contributed by atoms with E-state index in [2.05, 4.69) is 10.2 Å². The summed E-state index contributed by atoms with van der Waals surface area (Å²) in [6.07, 6.45) is 1.28. The highest BCUT2D eigenvalue weighted by Crippen LogP contribution is 2.22. The third-order valence-corrected chi connectivity index (χ3v) is 4.16. The lowest BCUT2D eigenvalue weighted by Crippen LogP contribution is -2.38. The molecule has 4 nitrogen and oxygen atoms in total. The van der Waals surface area contributed by atoms with Gasteiger partial charge in [-0.15, -0.1) is 0 Å². The Labute approximate surface area is 135 Å². The number of benzene rings is 1. The van der Waals surface area contributed by atoms with Crippen LogP contribution < -0.4 is 5.32 Å². The van der Waals surface area contributed by atoms with Crippen molar-refractivity contribution < 1.29 is 9.53 Å². The lowest BCUT2D eigenvalue weighted by Gasteiger charge is -2.26. The number of ether oxygens (including phenoxy) is 1. The molecule has 1 saturated heterocycles. The Hall–Kier alpha value is -0.810. The Morgan fingerprint density at radius 2 is 2.00 bits per heavy atom. The van der Waals surface area contributed by atoms with Crippen LogP contribution in [0.15, 0.2) is 18.2 Å². The SMILES string of the molecule is O=C(Cc1ccc(Cl)c(Cl)c1)NCCCN1CCOCC1. The first-order valence-corrected chi connectivity index (χ1v) is 7.91. The second-order valence-electron chi connectivity index (χ2n) is 5.08. The lowest BCUT2D eigenvalue weighted by atomic mass is 10.1. The largest absolute Gasteiger partial charge is 0.379 e. The standard InChI is InChI=1S/C15H20Cl2N2O2/c16-13-3-2-12(10-14(13)17)11-15(20)18-4-1-5-19-6-8-21-9-7-19/h2-3,10H,1,4-9,11H2,(H,18,20). The highest BCUT2D eigenvalue weighted by molar-refractivity contribution is 6.42. The number of morpholine rings is 1. The number of hydrogen-bond acceptors (Lipinski definition) is 3. The van der Waals surface area contributed by atoms with Gasteiger partial charge in [0.1, 0.15) is 0 Å². The number of amides is 1. The fraction of sp³-hybridized carbons (Fsp3) is 0.533. The molecule has 0 bridgehead atoms. The van der Waals surface area contributed by atoms with Gasteiger partial charge >= 0.3 is 0 Å². The number of nitrogens with zero attached hydrogens (tertiary/aromatic N) is 1. The van der Waals surface area contributed by atoms with Gasteiger partial charge in [0.05, 0.1) is 29.7 Å². The summed E-state index contributed by atoms with van der Waals surface area (Å²) < 4.78 is 5.30. The molecule has 21 heavy (non-hydrogen) atoms. The van der Waals surface area contributed by atoms with Crippen LogP contribution in [0.1, 0.15) is 12.0 Å². The molecule has 1 aromatic rings. The summed E-state index contributed by atoms with van der Waals surface area (Å²) >= 11 is 11.8. The van der Waals surface area contributed by atoms with Gasteiger partial charge in [-0.05, 0) is 30.7 Å². The molecule has 6 heteroatoms. The molecule has 1 fully saturated rings. The fourth-order valence-corrected chi connectivity index (χ4v) is 2.57. The third kappa shape index (κ3) is 5.83. The van der Waals surface area contributed by atoms with Gasteiger partial charge in [0, 0.05) is 19.6 Å². The van der Waals surface area contributed by atoms with Gasteiger partial charge in [-0.1, -0.05) is 29.3 Å². The minimum atomic E-state index is 0.00960. The second-order valence-corrected chi connectivity index (χ2v) is 5.90. The average molecular weight is 331 g/mol. The first kappa shape index (κ1) is 16.6. The topological polar surface area (TPSA) is 41.6 Å². The quantitative estimate of drug-likeness (QED) is 0.814. The van der Waals surface area contributed by atoms with E-state index in [4.69, 9.17) is 27.9 Å². The van der Waals surface area contributed by atoms with E-state index in [1.165, 1.54) is 0 Å². The minimum Gasteiger partial charge on any atom is -0.379 e. The van der Waals surface area contributed by atoms with E-state index in [1.807, 2.05) is 6.07 Å². The van der Waals surface area contributed by atoms with E-state index in [-0.39, 0.29) is 5.91 Å². The Morgan fingerprint density at radius 1 is 1.24 bits per heavy atom. The Kier molecular flexibility index (Phi) is 6.77. The van der Waals surface area contributed by atoms with Crippen LogP contribution in [0.5, 0.6) is 0 Å². The van der Waals surface area contributed by atoms with Gasteiger partial charge in [0.15, 0.2) is 0 Å². The van der Waals surface area contributed by atoms with Crippen molar-refractivity contribution in [2.24, 2.45) is 0 Å².